The van der Waals surface area contributed by atoms with Gasteiger partial charge in [0.15, 0.2) is 0 Å². The van der Waals surface area contributed by atoms with Gasteiger partial charge in [0.1, 0.15) is 5.60 Å². The second-order valence-electron chi connectivity index (χ2n) is 6.99. The first-order chi connectivity index (χ1) is 13.1. The van der Waals surface area contributed by atoms with E-state index in [1.54, 1.807) is 12.1 Å². The van der Waals surface area contributed by atoms with Crippen molar-refractivity contribution in [3.63, 3.8) is 0 Å². The quantitative estimate of drug-likeness (QED) is 0.867. The Labute approximate surface area is 160 Å². The average Bonchev–Trinajstić information content (AvgIpc) is 2.94. The number of nitrogens with zero attached hydrogens (tertiary/aromatic N) is 1. The van der Waals surface area contributed by atoms with Gasteiger partial charge < -0.3 is 14.8 Å². The predicted molar refractivity (Wildman–Crippen MR) is 103 cm³/mol. The molecule has 0 unspecified atom stereocenters. The van der Waals surface area contributed by atoms with E-state index in [1.165, 1.54) is 4.31 Å². The zero-order valence-corrected chi connectivity index (χ0v) is 16.0. The monoisotopic (exact) mass is 388 g/mol. The minimum absolute atomic E-state index is 0.294. The van der Waals surface area contributed by atoms with Crippen LogP contribution >= 0.6 is 0 Å². The van der Waals surface area contributed by atoms with E-state index in [9.17, 15) is 8.42 Å². The van der Waals surface area contributed by atoms with Crippen LogP contribution in [0.5, 0.6) is 0 Å². The van der Waals surface area contributed by atoms with Gasteiger partial charge in [0.25, 0.3) is 0 Å². The van der Waals surface area contributed by atoms with E-state index in [-0.39, 0.29) is 0 Å². The van der Waals surface area contributed by atoms with Gasteiger partial charge in [0.2, 0.25) is 10.0 Å². The Balaban J connectivity index is 1.55. The van der Waals surface area contributed by atoms with Crippen LogP contribution in [0, 0.1) is 0 Å². The number of sulfonamides is 1. The highest BCUT2D eigenvalue weighted by Gasteiger charge is 2.42. The number of hydrogen-bond donors (Lipinski definition) is 1. The van der Waals surface area contributed by atoms with Gasteiger partial charge in [0.05, 0.1) is 24.7 Å². The maximum Gasteiger partial charge on any atom is 0.243 e. The smallest absolute Gasteiger partial charge is 0.243 e. The Morgan fingerprint density at radius 1 is 0.963 bits per heavy atom. The topological polar surface area (TPSA) is 67.9 Å². The van der Waals surface area contributed by atoms with Crippen LogP contribution in [0.4, 0.5) is 0 Å². The second-order valence-corrected chi connectivity index (χ2v) is 8.93. The number of nitrogens with one attached hydrogen (secondary N) is 1. The Morgan fingerprint density at radius 3 is 2.48 bits per heavy atom. The number of hydrogen-bond acceptors (Lipinski definition) is 5. The van der Waals surface area contributed by atoms with Crippen LogP contribution in [0.3, 0.4) is 0 Å². The summed E-state index contributed by atoms with van der Waals surface area (Å²) in [6.07, 6.45) is 0. The molecule has 0 radical (unpaired) electrons. The molecular weight excluding hydrogens is 364 g/mol. The van der Waals surface area contributed by atoms with Gasteiger partial charge in [-0.05, 0) is 23.3 Å². The van der Waals surface area contributed by atoms with Crippen molar-refractivity contribution >= 4 is 10.0 Å². The van der Waals surface area contributed by atoms with Crippen LogP contribution in [0.25, 0.3) is 11.1 Å². The molecule has 0 aromatic heterocycles. The fourth-order valence-corrected chi connectivity index (χ4v) is 5.08. The van der Waals surface area contributed by atoms with Gasteiger partial charge in [-0.15, -0.1) is 0 Å². The Bertz CT molecular complexity index is 861. The van der Waals surface area contributed by atoms with Crippen LogP contribution in [0.15, 0.2) is 59.5 Å². The molecule has 0 saturated carbocycles. The molecule has 2 saturated heterocycles. The molecular formula is C20H24N2O4S. The third kappa shape index (κ3) is 3.93. The summed E-state index contributed by atoms with van der Waals surface area (Å²) in [6.45, 7) is 3.36. The molecule has 7 heteroatoms. The molecule has 1 N–H and O–H groups in total. The largest absolute Gasteiger partial charge is 0.377 e. The van der Waals surface area contributed by atoms with E-state index in [0.29, 0.717) is 44.4 Å². The lowest BCUT2D eigenvalue weighted by molar-refractivity contribution is -0.118. The van der Waals surface area contributed by atoms with Crippen LogP contribution in [0.2, 0.25) is 0 Å². The Kier molecular flexibility index (Phi) is 5.29. The first-order valence-corrected chi connectivity index (χ1v) is 10.6. The molecule has 144 valence electrons. The average molecular weight is 388 g/mol. The summed E-state index contributed by atoms with van der Waals surface area (Å²) in [5.74, 6) is 0. The summed E-state index contributed by atoms with van der Waals surface area (Å²) in [4.78, 5) is 0.307. The van der Waals surface area contributed by atoms with Crippen molar-refractivity contribution in [1.82, 2.24) is 9.62 Å². The van der Waals surface area contributed by atoms with Crippen molar-refractivity contribution in [3.8, 4) is 11.1 Å². The molecule has 0 aliphatic carbocycles. The number of ether oxygens (including phenoxy) is 2. The second kappa shape index (κ2) is 7.69. The number of morpholine rings is 1. The lowest BCUT2D eigenvalue weighted by Crippen LogP contribution is -2.59. The number of benzene rings is 2. The zero-order chi connectivity index (χ0) is 18.7. The molecule has 2 aliphatic heterocycles. The van der Waals surface area contributed by atoms with E-state index in [0.717, 1.165) is 17.7 Å². The molecule has 4 rings (SSSR count). The van der Waals surface area contributed by atoms with Crippen molar-refractivity contribution in [3.05, 3.63) is 54.6 Å². The molecule has 1 atom stereocenters. The summed E-state index contributed by atoms with van der Waals surface area (Å²) in [5, 5.41) is 3.27. The van der Waals surface area contributed by atoms with E-state index < -0.39 is 15.6 Å². The minimum atomic E-state index is -3.58. The molecule has 2 aliphatic rings. The SMILES string of the molecule is O=S(=O)(c1ccc(-c2ccccc2)cc1)N1CCO[C@@]2(CNCCOC2)C1. The van der Waals surface area contributed by atoms with E-state index >= 15 is 0 Å². The van der Waals surface area contributed by atoms with Crippen LogP contribution < -0.4 is 5.32 Å². The first-order valence-electron chi connectivity index (χ1n) is 9.17. The third-order valence-corrected chi connectivity index (χ3v) is 6.91. The normalized spacial score (nSPS) is 24.6. The molecule has 2 fully saturated rings. The van der Waals surface area contributed by atoms with E-state index in [2.05, 4.69) is 5.32 Å². The van der Waals surface area contributed by atoms with Crippen molar-refractivity contribution < 1.29 is 17.9 Å². The van der Waals surface area contributed by atoms with Crippen molar-refractivity contribution in [1.29, 1.82) is 0 Å². The summed E-state index contributed by atoms with van der Waals surface area (Å²) in [6, 6.07) is 17.0. The van der Waals surface area contributed by atoms with Gasteiger partial charge in [-0.25, -0.2) is 8.42 Å². The van der Waals surface area contributed by atoms with Gasteiger partial charge >= 0.3 is 0 Å². The summed E-state index contributed by atoms with van der Waals surface area (Å²) in [7, 11) is -3.58. The fraction of sp³-hybridized carbons (Fsp3) is 0.400. The maximum absolute atomic E-state index is 13.2. The molecule has 2 aromatic rings. The summed E-state index contributed by atoms with van der Waals surface area (Å²) in [5.41, 5.74) is 1.44. The van der Waals surface area contributed by atoms with Gasteiger partial charge in [-0.3, -0.25) is 0 Å². The van der Waals surface area contributed by atoms with E-state index in [4.69, 9.17) is 9.47 Å². The lowest BCUT2D eigenvalue weighted by atomic mass is 10.0. The van der Waals surface area contributed by atoms with Crippen LogP contribution in [-0.2, 0) is 19.5 Å². The molecule has 0 amide bonds. The molecule has 2 heterocycles. The Hall–Kier alpha value is -1.77. The predicted octanol–water partition coefficient (Wildman–Crippen LogP) is 1.73. The summed E-state index contributed by atoms with van der Waals surface area (Å²) >= 11 is 0. The lowest BCUT2D eigenvalue weighted by Gasteiger charge is -2.41. The van der Waals surface area contributed by atoms with Crippen molar-refractivity contribution in [2.75, 3.05) is 46.0 Å². The summed E-state index contributed by atoms with van der Waals surface area (Å²) < 4.78 is 39.4. The van der Waals surface area contributed by atoms with Crippen LogP contribution in [-0.4, -0.2) is 64.3 Å². The highest BCUT2D eigenvalue weighted by molar-refractivity contribution is 7.89. The molecule has 6 nitrogen and oxygen atoms in total. The van der Waals surface area contributed by atoms with Gasteiger partial charge in [-0.1, -0.05) is 42.5 Å². The highest BCUT2D eigenvalue weighted by atomic mass is 32.2. The van der Waals surface area contributed by atoms with Crippen LogP contribution in [0.1, 0.15) is 0 Å². The van der Waals surface area contributed by atoms with Crippen molar-refractivity contribution in [2.24, 2.45) is 0 Å². The van der Waals surface area contributed by atoms with Gasteiger partial charge in [-0.2, -0.15) is 4.31 Å². The Morgan fingerprint density at radius 2 is 1.70 bits per heavy atom. The van der Waals surface area contributed by atoms with E-state index in [1.807, 2.05) is 42.5 Å². The molecule has 1 spiro atoms. The zero-order valence-electron chi connectivity index (χ0n) is 15.1. The van der Waals surface area contributed by atoms with Crippen molar-refractivity contribution in [2.45, 2.75) is 10.5 Å². The third-order valence-electron chi connectivity index (χ3n) is 5.05. The highest BCUT2D eigenvalue weighted by Crippen LogP contribution is 2.27. The number of rotatable bonds is 3. The minimum Gasteiger partial charge on any atom is -0.377 e. The fourth-order valence-electron chi connectivity index (χ4n) is 3.58. The van der Waals surface area contributed by atoms with Gasteiger partial charge in [0, 0.05) is 26.2 Å². The first kappa shape index (κ1) is 18.6. The molecule has 2 aromatic carbocycles. The molecule has 27 heavy (non-hydrogen) atoms. The maximum atomic E-state index is 13.2. The molecule has 0 bridgehead atoms. The standard InChI is InChI=1S/C20H24N2O4S/c23-27(24,19-8-6-18(7-9-19)17-4-2-1-3-5-17)22-11-13-26-20(15-22)14-21-10-12-25-16-20/h1-9,21H,10-16H2/t20-/m0/s1.